The average Bonchev–Trinajstić information content (AvgIpc) is 2.54. The number of rotatable bonds is 22. The summed E-state index contributed by atoms with van der Waals surface area (Å²) >= 11 is 0. The number of ether oxygens (including phenoxy) is 11. The van der Waals surface area contributed by atoms with Crippen molar-refractivity contribution in [3.63, 3.8) is 0 Å². The molecule has 0 aliphatic carbocycles. The van der Waals surface area contributed by atoms with Crippen molar-refractivity contribution in [3.8, 4) is 0 Å². The van der Waals surface area contributed by atoms with Crippen molar-refractivity contribution in [1.29, 1.82) is 0 Å². The summed E-state index contributed by atoms with van der Waals surface area (Å²) < 4.78 is 70.2. The molecule has 0 aromatic heterocycles. The van der Waals surface area contributed by atoms with Crippen LogP contribution < -0.4 is 0 Å². The van der Waals surface area contributed by atoms with Gasteiger partial charge in [-0.15, -0.1) is 0 Å². The molecule has 0 bridgehead atoms. The lowest BCUT2D eigenvalue weighted by Gasteiger charge is -2.46. The summed E-state index contributed by atoms with van der Waals surface area (Å²) in [6, 6.07) is 56.1. The van der Waals surface area contributed by atoms with E-state index in [9.17, 15) is 33.6 Å². The number of hydrogen-bond donors (Lipinski definition) is 0. The first-order chi connectivity index (χ1) is 41.2. The maximum absolute atomic E-state index is 14.4. The van der Waals surface area contributed by atoms with Gasteiger partial charge in [0.1, 0.15) is 18.8 Å². The maximum Gasteiger partial charge on any atom is 0.338 e. The van der Waals surface area contributed by atoms with Crippen LogP contribution in [0.5, 0.6) is 0 Å². The van der Waals surface area contributed by atoms with Crippen LogP contribution in [0.25, 0.3) is 0 Å². The lowest BCUT2D eigenvalue weighted by molar-refractivity contribution is -0.327. The summed E-state index contributed by atoms with van der Waals surface area (Å²) in [7, 11) is -1.85. The highest BCUT2D eigenvalue weighted by Gasteiger charge is 2.57. The van der Waals surface area contributed by atoms with Gasteiger partial charge in [0, 0.05) is 14.7 Å². The first-order valence-electron chi connectivity index (χ1n) is 27.5. The van der Waals surface area contributed by atoms with Gasteiger partial charge in [0.05, 0.1) is 45.6 Å². The van der Waals surface area contributed by atoms with E-state index in [1.165, 1.54) is 84.9 Å². The molecular weight excluding hydrogens is 1110 g/mol. The van der Waals surface area contributed by atoms with Crippen LogP contribution in [0.15, 0.2) is 212 Å². The predicted octanol–water partition coefficient (Wildman–Crippen LogP) is 10.0. The van der Waals surface area contributed by atoms with Crippen molar-refractivity contribution in [1.82, 2.24) is 0 Å². The van der Waals surface area contributed by atoms with E-state index in [4.69, 9.17) is 52.1 Å². The Labute approximate surface area is 491 Å². The number of carbonyl (C=O) groups excluding carboxylic acids is 7. The molecule has 2 saturated heterocycles. The van der Waals surface area contributed by atoms with E-state index in [-0.39, 0.29) is 45.6 Å². The third-order valence-electron chi connectivity index (χ3n) is 13.6. The van der Waals surface area contributed by atoms with Gasteiger partial charge >= 0.3 is 41.8 Å². The number of hydrogen-bond acceptors (Lipinski definition) is 18. The van der Waals surface area contributed by atoms with Gasteiger partial charge in [0.25, 0.3) is 0 Å². The lowest BCUT2D eigenvalue weighted by atomic mass is 9.96. The molecule has 0 spiro atoms. The summed E-state index contributed by atoms with van der Waals surface area (Å²) in [5, 5.41) is 0. The van der Waals surface area contributed by atoms with Crippen LogP contribution in [-0.4, -0.2) is 131 Å². The standard InChI is InChI=1S/C66H62O18Si/c1-85(2,3)40-39-74-65-56(83-63(72)48-35-21-9-22-36-48)54(81-61(70)46-31-17-7-18-32-46)53(80-60(69)45-29-15-6-16-30-45)51(77-65)42-76-66-57(84-64(73)49-37-23-10-24-38-49)55(82-62(71)47-33-19-8-20-34-47)52(79-59(68)44-27-13-5-14-28-44)50(78-66)41-75-58(67)43-25-11-4-12-26-43/h4-38,50-57,65-66H,39-42H2,1-3H3/t50-,51-,52+,53+,54+,55+,56-,57-,65-,66-/m1/s1. The third kappa shape index (κ3) is 16.4. The van der Waals surface area contributed by atoms with Gasteiger partial charge in [-0.2, -0.15) is 0 Å². The van der Waals surface area contributed by atoms with Crippen LogP contribution in [0.4, 0.5) is 0 Å². The molecule has 10 atom stereocenters. The second-order valence-corrected chi connectivity index (χ2v) is 26.6. The average molecular weight is 1170 g/mol. The Morgan fingerprint density at radius 3 is 0.859 bits per heavy atom. The number of carbonyl (C=O) groups is 7. The van der Waals surface area contributed by atoms with Gasteiger partial charge in [0.15, 0.2) is 49.2 Å². The summed E-state index contributed by atoms with van der Waals surface area (Å²) in [6.07, 6.45) is -17.0. The molecule has 0 radical (unpaired) electrons. The van der Waals surface area contributed by atoms with Crippen molar-refractivity contribution >= 4 is 49.9 Å². The van der Waals surface area contributed by atoms with E-state index in [2.05, 4.69) is 19.6 Å². The molecule has 0 unspecified atom stereocenters. The van der Waals surface area contributed by atoms with E-state index >= 15 is 0 Å². The highest BCUT2D eigenvalue weighted by atomic mass is 28.3. The summed E-state index contributed by atoms with van der Waals surface area (Å²) in [5.74, 6) is -6.29. The highest BCUT2D eigenvalue weighted by molar-refractivity contribution is 6.76. The van der Waals surface area contributed by atoms with Crippen molar-refractivity contribution in [2.75, 3.05) is 19.8 Å². The smallest absolute Gasteiger partial charge is 0.338 e. The van der Waals surface area contributed by atoms with Crippen molar-refractivity contribution in [2.24, 2.45) is 0 Å². The summed E-state index contributed by atoms with van der Waals surface area (Å²) in [5.41, 5.74) is 0.643. The zero-order chi connectivity index (χ0) is 59.7. The zero-order valence-electron chi connectivity index (χ0n) is 46.7. The van der Waals surface area contributed by atoms with E-state index in [1.54, 1.807) is 127 Å². The molecule has 438 valence electrons. The molecule has 7 aromatic rings. The molecular formula is C66H62O18Si. The highest BCUT2D eigenvalue weighted by Crippen LogP contribution is 2.36. The molecule has 85 heavy (non-hydrogen) atoms. The molecule has 2 heterocycles. The Kier molecular flexibility index (Phi) is 20.6. The third-order valence-corrected chi connectivity index (χ3v) is 15.3. The van der Waals surface area contributed by atoms with Crippen LogP contribution in [0.3, 0.4) is 0 Å². The van der Waals surface area contributed by atoms with E-state index in [0.717, 1.165) is 0 Å². The van der Waals surface area contributed by atoms with Crippen LogP contribution in [0.1, 0.15) is 72.5 Å². The molecule has 0 amide bonds. The fraction of sp³-hybridized carbons (Fsp3) is 0.258. The lowest BCUT2D eigenvalue weighted by Crippen LogP contribution is -2.65. The zero-order valence-corrected chi connectivity index (χ0v) is 47.7. The minimum Gasteiger partial charge on any atom is -0.459 e. The van der Waals surface area contributed by atoms with E-state index in [0.29, 0.717) is 6.04 Å². The Balaban J connectivity index is 1.15. The fourth-order valence-corrected chi connectivity index (χ4v) is 9.91. The van der Waals surface area contributed by atoms with Gasteiger partial charge in [-0.05, 0) is 91.0 Å². The summed E-state index contributed by atoms with van der Waals surface area (Å²) in [4.78, 5) is 99.9. The van der Waals surface area contributed by atoms with Crippen molar-refractivity contribution < 1.29 is 85.7 Å². The van der Waals surface area contributed by atoms with Crippen LogP contribution in [0.2, 0.25) is 25.7 Å². The molecule has 19 heteroatoms. The largest absolute Gasteiger partial charge is 0.459 e. The predicted molar refractivity (Wildman–Crippen MR) is 308 cm³/mol. The van der Waals surface area contributed by atoms with Gasteiger partial charge in [-0.3, -0.25) is 0 Å². The monoisotopic (exact) mass is 1170 g/mol. The second kappa shape index (κ2) is 28.9. The normalized spacial score (nSPS) is 21.9. The maximum atomic E-state index is 14.4. The second-order valence-electron chi connectivity index (χ2n) is 21.0. The van der Waals surface area contributed by atoms with Crippen LogP contribution in [-0.2, 0) is 52.1 Å². The molecule has 2 fully saturated rings. The Hall–Kier alpha value is -9.11. The molecule has 2 aliphatic heterocycles. The minimum absolute atomic E-state index is 0.0482. The first kappa shape index (κ1) is 60.5. The Morgan fingerprint density at radius 1 is 0.318 bits per heavy atom. The molecule has 2 aliphatic rings. The van der Waals surface area contributed by atoms with Gasteiger partial charge < -0.3 is 52.1 Å². The molecule has 0 N–H and O–H groups in total. The minimum atomic E-state index is -1.87. The van der Waals surface area contributed by atoms with E-state index in [1.807, 2.05) is 0 Å². The van der Waals surface area contributed by atoms with Gasteiger partial charge in [-0.25, -0.2) is 33.6 Å². The SMILES string of the molecule is C[Si](C)(C)CCO[C@@H]1O[C@H](CO[C@@H]2O[C@H](COC(=O)c3ccccc3)[C@H](OC(=O)c3ccccc3)[C@H](OC(=O)c3ccccc3)[C@H]2OC(=O)c2ccccc2)[C@H](OC(=O)c2ccccc2)[C@H](OC(=O)c2ccccc2)[C@H]1OC(=O)c1ccccc1. The molecule has 7 aromatic carbocycles. The van der Waals surface area contributed by atoms with Crippen molar-refractivity contribution in [2.45, 2.75) is 87.1 Å². The molecule has 9 rings (SSSR count). The molecule has 0 saturated carbocycles. The van der Waals surface area contributed by atoms with Crippen LogP contribution in [0, 0.1) is 0 Å². The van der Waals surface area contributed by atoms with Crippen LogP contribution >= 0.6 is 0 Å². The molecule has 18 nitrogen and oxygen atoms in total. The topological polar surface area (TPSA) is 221 Å². The van der Waals surface area contributed by atoms with Crippen molar-refractivity contribution in [3.05, 3.63) is 251 Å². The summed E-state index contributed by atoms with van der Waals surface area (Å²) in [6.45, 7) is 5.08. The Morgan fingerprint density at radius 2 is 0.565 bits per heavy atom. The van der Waals surface area contributed by atoms with E-state index < -0.39 is 124 Å². The Bertz CT molecular complexity index is 3340. The number of esters is 7. The first-order valence-corrected chi connectivity index (χ1v) is 31.2. The van der Waals surface area contributed by atoms with Gasteiger partial charge in [0.2, 0.25) is 0 Å². The fourth-order valence-electron chi connectivity index (χ4n) is 9.18. The van der Waals surface area contributed by atoms with Gasteiger partial charge in [-0.1, -0.05) is 147 Å². The number of benzene rings is 7. The quantitative estimate of drug-likeness (QED) is 0.0350.